The number of nitrogens with zero attached hydrogens (tertiary/aromatic N) is 2. The largest absolute Gasteiger partial charge is 0.477 e. The number of hydrogen-bond donors (Lipinski definition) is 2. The summed E-state index contributed by atoms with van der Waals surface area (Å²) in [4.78, 5) is 40.1. The first-order chi connectivity index (χ1) is 10.1. The predicted molar refractivity (Wildman–Crippen MR) is 83.5 cm³/mol. The maximum atomic E-state index is 12.4. The van der Waals surface area contributed by atoms with Gasteiger partial charge < -0.3 is 10.4 Å². The lowest BCUT2D eigenvalue weighted by Crippen LogP contribution is -2.43. The number of thiophene rings is 1. The number of hydrogen-bond acceptors (Lipinski definition) is 5. The second-order valence-electron chi connectivity index (χ2n) is 6.02. The van der Waals surface area contributed by atoms with Crippen molar-refractivity contribution in [3.8, 4) is 0 Å². The van der Waals surface area contributed by atoms with E-state index in [0.717, 1.165) is 11.3 Å². The van der Waals surface area contributed by atoms with Gasteiger partial charge in [0.15, 0.2) is 0 Å². The van der Waals surface area contributed by atoms with Crippen LogP contribution in [-0.2, 0) is 11.3 Å². The van der Waals surface area contributed by atoms with Crippen molar-refractivity contribution in [3.63, 3.8) is 0 Å². The second-order valence-corrected chi connectivity index (χ2v) is 7.02. The molecule has 2 heterocycles. The van der Waals surface area contributed by atoms with E-state index in [1.807, 2.05) is 20.8 Å². The summed E-state index contributed by atoms with van der Waals surface area (Å²) in [7, 11) is 0. The number of aryl methyl sites for hydroxylation is 1. The van der Waals surface area contributed by atoms with Crippen molar-refractivity contribution in [1.82, 2.24) is 14.9 Å². The Morgan fingerprint density at radius 3 is 2.59 bits per heavy atom. The van der Waals surface area contributed by atoms with Crippen LogP contribution in [0.25, 0.3) is 10.2 Å². The number of amides is 1. The van der Waals surface area contributed by atoms with Crippen molar-refractivity contribution in [2.24, 2.45) is 0 Å². The van der Waals surface area contributed by atoms with E-state index in [9.17, 15) is 14.4 Å². The van der Waals surface area contributed by atoms with Gasteiger partial charge in [-0.3, -0.25) is 14.2 Å². The summed E-state index contributed by atoms with van der Waals surface area (Å²) in [5.74, 6) is -1.39. The summed E-state index contributed by atoms with van der Waals surface area (Å²) in [6.07, 6.45) is 1.27. The van der Waals surface area contributed by atoms with Gasteiger partial charge in [0, 0.05) is 5.54 Å². The number of rotatable bonds is 3. The first kappa shape index (κ1) is 16.2. The fourth-order valence-corrected chi connectivity index (χ4v) is 3.07. The van der Waals surface area contributed by atoms with Crippen LogP contribution < -0.4 is 10.9 Å². The third-order valence-corrected chi connectivity index (χ3v) is 4.13. The summed E-state index contributed by atoms with van der Waals surface area (Å²) in [5.41, 5.74) is -0.418. The highest BCUT2D eigenvalue weighted by Crippen LogP contribution is 2.26. The zero-order valence-corrected chi connectivity index (χ0v) is 13.6. The number of fused-ring (bicyclic) bond motifs is 1. The number of aromatic carboxylic acids is 1. The Bertz CT molecular complexity index is 814. The first-order valence-corrected chi connectivity index (χ1v) is 7.44. The smallest absolute Gasteiger partial charge is 0.346 e. The molecule has 0 aliphatic rings. The second kappa shape index (κ2) is 5.53. The van der Waals surface area contributed by atoms with Crippen LogP contribution >= 0.6 is 11.3 Å². The molecule has 118 valence electrons. The predicted octanol–water partition coefficient (Wildman–Crippen LogP) is 1.38. The highest BCUT2D eigenvalue weighted by molar-refractivity contribution is 7.20. The highest BCUT2D eigenvalue weighted by atomic mass is 32.1. The zero-order chi connectivity index (χ0) is 16.7. The van der Waals surface area contributed by atoms with E-state index in [1.165, 1.54) is 10.9 Å². The van der Waals surface area contributed by atoms with Gasteiger partial charge in [-0.1, -0.05) is 0 Å². The molecule has 0 radical (unpaired) electrons. The molecule has 1 amide bonds. The Labute approximate surface area is 130 Å². The minimum atomic E-state index is -1.09. The molecule has 0 aromatic carbocycles. The Morgan fingerprint density at radius 1 is 1.41 bits per heavy atom. The third kappa shape index (κ3) is 3.16. The Kier molecular flexibility index (Phi) is 4.06. The number of carboxylic acid groups (broad SMARTS) is 1. The molecule has 0 aliphatic carbocycles. The van der Waals surface area contributed by atoms with E-state index in [2.05, 4.69) is 10.3 Å². The van der Waals surface area contributed by atoms with E-state index in [4.69, 9.17) is 5.11 Å². The molecule has 0 aliphatic heterocycles. The van der Waals surface area contributed by atoms with Gasteiger partial charge in [0.1, 0.15) is 16.3 Å². The Balaban J connectivity index is 2.43. The number of carbonyl (C=O) groups excluding carboxylic acids is 1. The molecular weight excluding hydrogens is 306 g/mol. The standard InChI is InChI=1S/C14H17N3O4S/c1-7-9-11(22-10(7)13(20)21)15-6-17(12(9)19)5-8(18)16-14(2,3)4/h6H,5H2,1-4H3,(H,16,18)(H,20,21). The summed E-state index contributed by atoms with van der Waals surface area (Å²) in [6.45, 7) is 6.95. The lowest BCUT2D eigenvalue weighted by Gasteiger charge is -2.20. The fraction of sp³-hybridized carbons (Fsp3) is 0.429. The number of carbonyl (C=O) groups is 2. The van der Waals surface area contributed by atoms with Gasteiger partial charge in [0.25, 0.3) is 5.56 Å². The van der Waals surface area contributed by atoms with Crippen LogP contribution in [0.4, 0.5) is 0 Å². The lowest BCUT2D eigenvalue weighted by molar-refractivity contribution is -0.123. The van der Waals surface area contributed by atoms with Crippen molar-refractivity contribution in [1.29, 1.82) is 0 Å². The van der Waals surface area contributed by atoms with Crippen LogP contribution in [0.15, 0.2) is 11.1 Å². The zero-order valence-electron chi connectivity index (χ0n) is 12.8. The molecule has 0 unspecified atom stereocenters. The van der Waals surface area contributed by atoms with Crippen LogP contribution in [-0.4, -0.2) is 32.1 Å². The normalized spacial score (nSPS) is 11.6. The van der Waals surface area contributed by atoms with E-state index < -0.39 is 17.1 Å². The molecule has 0 saturated carbocycles. The van der Waals surface area contributed by atoms with Gasteiger partial charge in [-0.15, -0.1) is 11.3 Å². The maximum Gasteiger partial charge on any atom is 0.346 e. The van der Waals surface area contributed by atoms with E-state index >= 15 is 0 Å². The van der Waals surface area contributed by atoms with E-state index in [-0.39, 0.29) is 22.7 Å². The molecule has 0 saturated heterocycles. The van der Waals surface area contributed by atoms with Crippen molar-refractivity contribution in [2.75, 3.05) is 0 Å². The highest BCUT2D eigenvalue weighted by Gasteiger charge is 2.20. The van der Waals surface area contributed by atoms with Crippen molar-refractivity contribution < 1.29 is 14.7 Å². The van der Waals surface area contributed by atoms with E-state index in [1.54, 1.807) is 6.92 Å². The molecule has 2 rings (SSSR count). The molecule has 0 spiro atoms. The number of aromatic nitrogens is 2. The maximum absolute atomic E-state index is 12.4. The summed E-state index contributed by atoms with van der Waals surface area (Å²) in [5, 5.41) is 12.1. The molecule has 2 aromatic rings. The van der Waals surface area contributed by atoms with Crippen LogP contribution in [0, 0.1) is 6.92 Å². The van der Waals surface area contributed by atoms with Crippen LogP contribution in [0.3, 0.4) is 0 Å². The van der Waals surface area contributed by atoms with Gasteiger partial charge >= 0.3 is 5.97 Å². The molecule has 8 heteroatoms. The van der Waals surface area contributed by atoms with Crippen molar-refractivity contribution in [2.45, 2.75) is 39.8 Å². The quantitative estimate of drug-likeness (QED) is 0.888. The lowest BCUT2D eigenvalue weighted by atomic mass is 10.1. The molecule has 0 atom stereocenters. The molecule has 2 N–H and O–H groups in total. The summed E-state index contributed by atoms with van der Waals surface area (Å²) < 4.78 is 1.19. The summed E-state index contributed by atoms with van der Waals surface area (Å²) in [6, 6.07) is 0. The van der Waals surface area contributed by atoms with Crippen molar-refractivity contribution >= 4 is 33.4 Å². The van der Waals surface area contributed by atoms with Crippen LogP contribution in [0.1, 0.15) is 36.0 Å². The SMILES string of the molecule is Cc1c(C(=O)O)sc2ncn(CC(=O)NC(C)(C)C)c(=O)c12. The topological polar surface area (TPSA) is 101 Å². The van der Waals surface area contributed by atoms with Crippen LogP contribution in [0.5, 0.6) is 0 Å². The van der Waals surface area contributed by atoms with Gasteiger partial charge in [-0.05, 0) is 33.3 Å². The molecule has 0 fully saturated rings. The average Bonchev–Trinajstić information content (AvgIpc) is 2.69. The van der Waals surface area contributed by atoms with Crippen LogP contribution in [0.2, 0.25) is 0 Å². The fourth-order valence-electron chi connectivity index (χ4n) is 2.09. The third-order valence-electron chi connectivity index (χ3n) is 2.94. The Hall–Kier alpha value is -2.22. The minimum absolute atomic E-state index is 0.0940. The van der Waals surface area contributed by atoms with Gasteiger partial charge in [-0.25, -0.2) is 9.78 Å². The molecular formula is C14H17N3O4S. The van der Waals surface area contributed by atoms with Gasteiger partial charge in [0.05, 0.1) is 11.7 Å². The van der Waals surface area contributed by atoms with Crippen molar-refractivity contribution in [3.05, 3.63) is 27.1 Å². The Morgan fingerprint density at radius 2 is 2.05 bits per heavy atom. The van der Waals surface area contributed by atoms with E-state index in [0.29, 0.717) is 10.4 Å². The number of nitrogens with one attached hydrogen (secondary N) is 1. The molecule has 0 bridgehead atoms. The molecule has 2 aromatic heterocycles. The van der Waals surface area contributed by atoms with Gasteiger partial charge in [-0.2, -0.15) is 0 Å². The summed E-state index contributed by atoms with van der Waals surface area (Å²) >= 11 is 0.959. The average molecular weight is 323 g/mol. The van der Waals surface area contributed by atoms with Gasteiger partial charge in [0.2, 0.25) is 5.91 Å². The first-order valence-electron chi connectivity index (χ1n) is 6.63. The number of carboxylic acids is 1. The molecule has 22 heavy (non-hydrogen) atoms. The minimum Gasteiger partial charge on any atom is -0.477 e. The molecule has 7 nitrogen and oxygen atoms in total. The monoisotopic (exact) mass is 323 g/mol.